The van der Waals surface area contributed by atoms with Crippen LogP contribution in [0.25, 0.3) is 0 Å². The van der Waals surface area contributed by atoms with Crippen LogP contribution in [0.1, 0.15) is 41.0 Å². The van der Waals surface area contributed by atoms with Crippen LogP contribution in [0, 0.1) is 5.41 Å². The summed E-state index contributed by atoms with van der Waals surface area (Å²) in [5, 5.41) is 2.27. The second kappa shape index (κ2) is 10.8. The van der Waals surface area contributed by atoms with Crippen LogP contribution in [0.4, 0.5) is 4.79 Å². The Balaban J connectivity index is 2.11. The molecule has 0 saturated heterocycles. The number of carbonyl (C=O) groups is 1. The molecule has 2 rings (SSSR count). The van der Waals surface area contributed by atoms with E-state index in [1.54, 1.807) is 0 Å². The highest BCUT2D eigenvalue weighted by Crippen LogP contribution is 2.36. The molecular formula is C26H36O4Si. The molecule has 0 aliphatic heterocycles. The van der Waals surface area contributed by atoms with Gasteiger partial charge >= 0.3 is 6.16 Å². The van der Waals surface area contributed by atoms with Gasteiger partial charge in [0.25, 0.3) is 8.32 Å². The van der Waals surface area contributed by atoms with Crippen molar-refractivity contribution >= 4 is 24.8 Å². The van der Waals surface area contributed by atoms with Gasteiger partial charge in [-0.3, -0.25) is 0 Å². The number of benzene rings is 2. The molecule has 0 aliphatic carbocycles. The molecule has 0 unspecified atom stereocenters. The third kappa shape index (κ3) is 6.55. The molecule has 4 nitrogen and oxygen atoms in total. The van der Waals surface area contributed by atoms with Crippen LogP contribution in [0.5, 0.6) is 0 Å². The van der Waals surface area contributed by atoms with Crippen LogP contribution in [-0.2, 0) is 13.9 Å². The summed E-state index contributed by atoms with van der Waals surface area (Å²) in [6.45, 7) is 15.2. The van der Waals surface area contributed by atoms with E-state index in [4.69, 9.17) is 13.9 Å². The minimum Gasteiger partial charge on any atom is -0.434 e. The third-order valence-corrected chi connectivity index (χ3v) is 10.4. The highest BCUT2D eigenvalue weighted by molar-refractivity contribution is 6.99. The van der Waals surface area contributed by atoms with Crippen molar-refractivity contribution in [2.24, 2.45) is 5.41 Å². The Labute approximate surface area is 188 Å². The zero-order valence-electron chi connectivity index (χ0n) is 19.5. The van der Waals surface area contributed by atoms with E-state index in [0.717, 1.165) is 6.42 Å². The summed E-state index contributed by atoms with van der Waals surface area (Å²) in [7, 11) is -2.62. The smallest absolute Gasteiger partial charge is 0.434 e. The lowest BCUT2D eigenvalue weighted by Gasteiger charge is -2.43. The number of ether oxygens (including phenoxy) is 2. The standard InChI is InChI=1S/C26H36O4Si/c1-7-18-26(5,6)21-29-24(27)28-19-20-30-31(25(2,3)4,22-14-10-8-11-15-22)23-16-12-9-13-17-23/h7-17H,1,18-21H2,2-6H3. The third-order valence-electron chi connectivity index (χ3n) is 5.32. The van der Waals surface area contributed by atoms with Gasteiger partial charge in [-0.25, -0.2) is 4.79 Å². The van der Waals surface area contributed by atoms with Gasteiger partial charge < -0.3 is 13.9 Å². The van der Waals surface area contributed by atoms with Gasteiger partial charge in [-0.2, -0.15) is 0 Å². The van der Waals surface area contributed by atoms with Crippen molar-refractivity contribution < 1.29 is 18.7 Å². The maximum atomic E-state index is 12.0. The second-order valence-electron chi connectivity index (χ2n) is 9.56. The minimum absolute atomic E-state index is 0.120. The Kier molecular flexibility index (Phi) is 8.66. The molecule has 168 valence electrons. The van der Waals surface area contributed by atoms with Gasteiger partial charge in [0, 0.05) is 5.41 Å². The fraction of sp³-hybridized carbons (Fsp3) is 0.423. The van der Waals surface area contributed by atoms with E-state index in [1.807, 2.05) is 56.3 Å². The first kappa shape index (κ1) is 24.9. The van der Waals surface area contributed by atoms with Gasteiger partial charge in [0.1, 0.15) is 13.2 Å². The summed E-state index contributed by atoms with van der Waals surface area (Å²) in [6.07, 6.45) is 1.92. The molecule has 0 atom stereocenters. The quantitative estimate of drug-likeness (QED) is 0.217. The van der Waals surface area contributed by atoms with Crippen LogP contribution >= 0.6 is 0 Å². The summed E-state index contributed by atoms with van der Waals surface area (Å²) in [6, 6.07) is 20.8. The normalized spacial score (nSPS) is 12.3. The molecule has 0 spiro atoms. The maximum Gasteiger partial charge on any atom is 0.508 e. The first-order valence-electron chi connectivity index (χ1n) is 10.8. The Morgan fingerprint density at radius 2 is 1.39 bits per heavy atom. The second-order valence-corrected chi connectivity index (χ2v) is 13.9. The summed E-state index contributed by atoms with van der Waals surface area (Å²) in [5.41, 5.74) is -0.161. The molecule has 0 radical (unpaired) electrons. The Morgan fingerprint density at radius 3 is 1.84 bits per heavy atom. The molecule has 5 heteroatoms. The van der Waals surface area contributed by atoms with E-state index >= 15 is 0 Å². The number of allylic oxidation sites excluding steroid dienone is 1. The molecular weight excluding hydrogens is 404 g/mol. The molecule has 2 aromatic carbocycles. The molecule has 0 bridgehead atoms. The van der Waals surface area contributed by atoms with Gasteiger partial charge in [-0.05, 0) is 21.8 Å². The fourth-order valence-electron chi connectivity index (χ4n) is 3.83. The van der Waals surface area contributed by atoms with Crippen molar-refractivity contribution in [1.82, 2.24) is 0 Å². The molecule has 0 N–H and O–H groups in total. The van der Waals surface area contributed by atoms with Gasteiger partial charge in [-0.15, -0.1) is 6.58 Å². The minimum atomic E-state index is -2.62. The molecule has 0 aliphatic rings. The highest BCUT2D eigenvalue weighted by atomic mass is 28.4. The van der Waals surface area contributed by atoms with Crippen molar-refractivity contribution in [1.29, 1.82) is 0 Å². The lowest BCUT2D eigenvalue weighted by atomic mass is 9.91. The lowest BCUT2D eigenvalue weighted by molar-refractivity contribution is 0.0231. The van der Waals surface area contributed by atoms with E-state index < -0.39 is 14.5 Å². The predicted molar refractivity (Wildman–Crippen MR) is 129 cm³/mol. The monoisotopic (exact) mass is 440 g/mol. The summed E-state index contributed by atoms with van der Waals surface area (Å²) >= 11 is 0. The van der Waals surface area contributed by atoms with E-state index in [-0.39, 0.29) is 23.7 Å². The van der Waals surface area contributed by atoms with Gasteiger partial charge in [0.05, 0.1) is 6.61 Å². The van der Waals surface area contributed by atoms with E-state index in [2.05, 4.69) is 51.6 Å². The van der Waals surface area contributed by atoms with Gasteiger partial charge in [-0.1, -0.05) is 101 Å². The zero-order chi connectivity index (χ0) is 23.0. The fourth-order valence-corrected chi connectivity index (χ4v) is 8.37. The Hall–Kier alpha value is -2.37. The average Bonchev–Trinajstić information content (AvgIpc) is 2.73. The van der Waals surface area contributed by atoms with Crippen LogP contribution < -0.4 is 10.4 Å². The summed E-state index contributed by atoms with van der Waals surface area (Å²) < 4.78 is 17.3. The van der Waals surface area contributed by atoms with Crippen LogP contribution in [0.15, 0.2) is 73.3 Å². The molecule has 0 aromatic heterocycles. The van der Waals surface area contributed by atoms with E-state index in [9.17, 15) is 4.79 Å². The Morgan fingerprint density at radius 1 is 0.871 bits per heavy atom. The molecule has 2 aromatic rings. The van der Waals surface area contributed by atoms with Crippen molar-refractivity contribution in [3.05, 3.63) is 73.3 Å². The van der Waals surface area contributed by atoms with Crippen molar-refractivity contribution in [3.63, 3.8) is 0 Å². The molecule has 0 heterocycles. The van der Waals surface area contributed by atoms with Crippen molar-refractivity contribution in [3.8, 4) is 0 Å². The first-order chi connectivity index (χ1) is 14.6. The predicted octanol–water partition coefficient (Wildman–Crippen LogP) is 5.32. The highest BCUT2D eigenvalue weighted by Gasteiger charge is 2.50. The largest absolute Gasteiger partial charge is 0.508 e. The summed E-state index contributed by atoms with van der Waals surface area (Å²) in [5.74, 6) is 0. The van der Waals surface area contributed by atoms with Crippen LogP contribution in [-0.4, -0.2) is 34.3 Å². The van der Waals surface area contributed by atoms with E-state index in [0.29, 0.717) is 6.61 Å². The number of hydrogen-bond acceptors (Lipinski definition) is 4. The molecule has 31 heavy (non-hydrogen) atoms. The Bertz CT molecular complexity index is 786. The summed E-state index contributed by atoms with van der Waals surface area (Å²) in [4.78, 5) is 12.0. The van der Waals surface area contributed by atoms with Crippen molar-refractivity contribution in [2.75, 3.05) is 19.8 Å². The van der Waals surface area contributed by atoms with Crippen LogP contribution in [0.2, 0.25) is 5.04 Å². The van der Waals surface area contributed by atoms with Gasteiger partial charge in [0.2, 0.25) is 0 Å². The lowest BCUT2D eigenvalue weighted by Crippen LogP contribution is -2.66. The average molecular weight is 441 g/mol. The van der Waals surface area contributed by atoms with E-state index in [1.165, 1.54) is 10.4 Å². The van der Waals surface area contributed by atoms with Crippen molar-refractivity contribution in [2.45, 2.75) is 46.1 Å². The number of hydrogen-bond donors (Lipinski definition) is 0. The van der Waals surface area contributed by atoms with Gasteiger partial charge in [0.15, 0.2) is 0 Å². The molecule has 0 amide bonds. The topological polar surface area (TPSA) is 44.8 Å². The number of carbonyl (C=O) groups excluding carboxylic acids is 1. The molecule has 0 fully saturated rings. The molecule has 0 saturated carbocycles. The first-order valence-corrected chi connectivity index (χ1v) is 12.7. The maximum absolute atomic E-state index is 12.0. The SMILES string of the molecule is C=CCC(C)(C)COC(=O)OCCO[Si](c1ccccc1)(c1ccccc1)C(C)(C)C. The van der Waals surface area contributed by atoms with Crippen LogP contribution in [0.3, 0.4) is 0 Å². The number of rotatable bonds is 10. The zero-order valence-corrected chi connectivity index (χ0v) is 20.5.